The maximum absolute atomic E-state index is 12.1. The summed E-state index contributed by atoms with van der Waals surface area (Å²) in [7, 11) is 4.64. The van der Waals surface area contributed by atoms with Crippen molar-refractivity contribution in [3.8, 4) is 17.2 Å². The van der Waals surface area contributed by atoms with Crippen molar-refractivity contribution in [1.29, 1.82) is 0 Å². The first kappa shape index (κ1) is 18.9. The molecule has 0 aliphatic heterocycles. The average Bonchev–Trinajstić information content (AvgIpc) is 2.62. The van der Waals surface area contributed by atoms with E-state index in [4.69, 9.17) is 14.2 Å². The Morgan fingerprint density at radius 3 is 2.20 bits per heavy atom. The number of ether oxygens (including phenoxy) is 3. The Morgan fingerprint density at radius 2 is 1.68 bits per heavy atom. The summed E-state index contributed by atoms with van der Waals surface area (Å²) in [5.74, 6) is 1.34. The number of nitrogens with one attached hydrogen (secondary N) is 1. The zero-order valence-electron chi connectivity index (χ0n) is 14.6. The molecule has 25 heavy (non-hydrogen) atoms. The van der Waals surface area contributed by atoms with Gasteiger partial charge in [-0.05, 0) is 48.4 Å². The first-order valence-corrected chi connectivity index (χ1v) is 8.33. The van der Waals surface area contributed by atoms with Gasteiger partial charge in [0.25, 0.3) is 0 Å². The molecular formula is C19H20BrNO4. The van der Waals surface area contributed by atoms with Crippen LogP contribution in [0.4, 0.5) is 5.69 Å². The molecule has 0 radical (unpaired) electrons. The van der Waals surface area contributed by atoms with Gasteiger partial charge < -0.3 is 19.5 Å². The van der Waals surface area contributed by atoms with Crippen LogP contribution in [0, 0.1) is 6.92 Å². The molecule has 0 fully saturated rings. The zero-order valence-corrected chi connectivity index (χ0v) is 16.1. The highest BCUT2D eigenvalue weighted by atomic mass is 79.9. The third kappa shape index (κ3) is 4.76. The van der Waals surface area contributed by atoms with Crippen molar-refractivity contribution < 1.29 is 19.0 Å². The van der Waals surface area contributed by atoms with Crippen LogP contribution in [0.1, 0.15) is 11.1 Å². The summed E-state index contributed by atoms with van der Waals surface area (Å²) in [4.78, 5) is 12.1. The van der Waals surface area contributed by atoms with Gasteiger partial charge in [-0.2, -0.15) is 0 Å². The number of hydrogen-bond donors (Lipinski definition) is 1. The number of rotatable bonds is 6. The van der Waals surface area contributed by atoms with Crippen molar-refractivity contribution >= 4 is 33.6 Å². The van der Waals surface area contributed by atoms with Gasteiger partial charge in [-0.1, -0.05) is 22.0 Å². The van der Waals surface area contributed by atoms with Crippen LogP contribution in [0.3, 0.4) is 0 Å². The van der Waals surface area contributed by atoms with Crippen LogP contribution >= 0.6 is 15.9 Å². The van der Waals surface area contributed by atoms with Gasteiger partial charge in [0.15, 0.2) is 11.5 Å². The molecule has 0 saturated heterocycles. The average molecular weight is 406 g/mol. The fourth-order valence-electron chi connectivity index (χ4n) is 2.22. The highest BCUT2D eigenvalue weighted by molar-refractivity contribution is 9.10. The van der Waals surface area contributed by atoms with Gasteiger partial charge in [-0.15, -0.1) is 0 Å². The number of benzene rings is 2. The Hall–Kier alpha value is -2.47. The maximum Gasteiger partial charge on any atom is 0.248 e. The van der Waals surface area contributed by atoms with Gasteiger partial charge in [0.1, 0.15) is 0 Å². The van der Waals surface area contributed by atoms with Crippen molar-refractivity contribution in [2.24, 2.45) is 0 Å². The van der Waals surface area contributed by atoms with Gasteiger partial charge in [-0.25, -0.2) is 0 Å². The summed E-state index contributed by atoms with van der Waals surface area (Å²) in [6.07, 6.45) is 3.14. The van der Waals surface area contributed by atoms with Crippen LogP contribution in [-0.4, -0.2) is 27.2 Å². The van der Waals surface area contributed by atoms with Crippen LogP contribution in [-0.2, 0) is 4.79 Å². The molecule has 0 saturated carbocycles. The molecule has 5 nitrogen and oxygen atoms in total. The second-order valence-corrected chi connectivity index (χ2v) is 6.10. The standard InChI is InChI=1S/C19H20BrNO4/c1-12-5-7-14(11-15(12)20)21-18(22)8-6-13-9-16(23-2)19(25-4)17(10-13)24-3/h5-11H,1-4H3,(H,21,22)/b8-6-. The number of carbonyl (C=O) groups is 1. The molecule has 2 aromatic rings. The molecule has 0 atom stereocenters. The van der Waals surface area contributed by atoms with Gasteiger partial charge in [0.05, 0.1) is 21.3 Å². The topological polar surface area (TPSA) is 56.8 Å². The molecule has 1 N–H and O–H groups in total. The summed E-state index contributed by atoms with van der Waals surface area (Å²) >= 11 is 3.45. The number of methoxy groups -OCH3 is 3. The lowest BCUT2D eigenvalue weighted by molar-refractivity contribution is -0.111. The predicted molar refractivity (Wildman–Crippen MR) is 103 cm³/mol. The number of aryl methyl sites for hydroxylation is 1. The molecule has 0 aliphatic carbocycles. The van der Waals surface area contributed by atoms with Gasteiger partial charge in [0.2, 0.25) is 11.7 Å². The Kier molecular flexibility index (Phi) is 6.47. The second-order valence-electron chi connectivity index (χ2n) is 5.25. The van der Waals surface area contributed by atoms with Crippen molar-refractivity contribution in [3.63, 3.8) is 0 Å². The lowest BCUT2D eigenvalue weighted by Crippen LogP contribution is -2.07. The minimum Gasteiger partial charge on any atom is -0.493 e. The smallest absolute Gasteiger partial charge is 0.248 e. The Balaban J connectivity index is 2.17. The molecule has 0 bridgehead atoms. The van der Waals surface area contributed by atoms with E-state index in [-0.39, 0.29) is 5.91 Å². The zero-order chi connectivity index (χ0) is 18.4. The Labute approximate surface area is 155 Å². The second kappa shape index (κ2) is 8.58. The first-order valence-electron chi connectivity index (χ1n) is 7.53. The SMILES string of the molecule is COc1cc(/C=C\C(=O)Nc2ccc(C)c(Br)c2)cc(OC)c1OC. The van der Waals surface area contributed by atoms with Gasteiger partial charge >= 0.3 is 0 Å². The Bertz CT molecular complexity index is 777. The van der Waals surface area contributed by atoms with Crippen molar-refractivity contribution in [2.45, 2.75) is 6.92 Å². The van der Waals surface area contributed by atoms with Crippen LogP contribution < -0.4 is 19.5 Å². The number of amides is 1. The summed E-state index contributed by atoms with van der Waals surface area (Å²) in [5, 5.41) is 2.82. The van der Waals surface area contributed by atoms with E-state index in [1.54, 1.807) is 39.5 Å². The van der Waals surface area contributed by atoms with E-state index in [0.717, 1.165) is 21.3 Å². The Morgan fingerprint density at radius 1 is 1.04 bits per heavy atom. The lowest BCUT2D eigenvalue weighted by atomic mass is 10.1. The fourth-order valence-corrected chi connectivity index (χ4v) is 2.60. The number of anilines is 1. The molecule has 0 aliphatic rings. The van der Waals surface area contributed by atoms with E-state index in [9.17, 15) is 4.79 Å². The fraction of sp³-hybridized carbons (Fsp3) is 0.211. The third-order valence-corrected chi connectivity index (χ3v) is 4.41. The molecule has 0 heterocycles. The van der Waals surface area contributed by atoms with E-state index >= 15 is 0 Å². The normalized spacial score (nSPS) is 10.6. The summed E-state index contributed by atoms with van der Waals surface area (Å²) < 4.78 is 16.8. The third-order valence-electron chi connectivity index (χ3n) is 3.55. The number of carbonyl (C=O) groups excluding carboxylic acids is 1. The molecule has 0 unspecified atom stereocenters. The van der Waals surface area contributed by atoms with Crippen LogP contribution in [0.15, 0.2) is 40.9 Å². The largest absolute Gasteiger partial charge is 0.493 e. The molecule has 0 aromatic heterocycles. The highest BCUT2D eigenvalue weighted by Gasteiger charge is 2.12. The van der Waals surface area contributed by atoms with E-state index < -0.39 is 0 Å². The maximum atomic E-state index is 12.1. The summed E-state index contributed by atoms with van der Waals surface area (Å²) in [5.41, 5.74) is 2.58. The molecule has 6 heteroatoms. The first-order chi connectivity index (χ1) is 12.0. The van der Waals surface area contributed by atoms with E-state index in [2.05, 4.69) is 21.2 Å². The van der Waals surface area contributed by atoms with E-state index in [1.807, 2.05) is 25.1 Å². The van der Waals surface area contributed by atoms with Crippen molar-refractivity contribution in [2.75, 3.05) is 26.6 Å². The minimum absolute atomic E-state index is 0.232. The lowest BCUT2D eigenvalue weighted by Gasteiger charge is -2.12. The van der Waals surface area contributed by atoms with Gasteiger partial charge in [-0.3, -0.25) is 4.79 Å². The van der Waals surface area contributed by atoms with Crippen molar-refractivity contribution in [3.05, 3.63) is 52.0 Å². The van der Waals surface area contributed by atoms with Crippen LogP contribution in [0.5, 0.6) is 17.2 Å². The molecular weight excluding hydrogens is 386 g/mol. The summed E-state index contributed by atoms with van der Waals surface area (Å²) in [6, 6.07) is 9.19. The van der Waals surface area contributed by atoms with Crippen molar-refractivity contribution in [1.82, 2.24) is 0 Å². The van der Waals surface area contributed by atoms with E-state index in [1.165, 1.54) is 6.08 Å². The quantitative estimate of drug-likeness (QED) is 0.721. The van der Waals surface area contributed by atoms with Crippen LogP contribution in [0.25, 0.3) is 6.08 Å². The molecule has 1 amide bonds. The van der Waals surface area contributed by atoms with E-state index in [0.29, 0.717) is 17.2 Å². The minimum atomic E-state index is -0.232. The highest BCUT2D eigenvalue weighted by Crippen LogP contribution is 2.38. The predicted octanol–water partition coefficient (Wildman–Crippen LogP) is 4.44. The molecule has 2 aromatic carbocycles. The van der Waals surface area contributed by atoms with Crippen LogP contribution in [0.2, 0.25) is 0 Å². The monoisotopic (exact) mass is 405 g/mol. The number of halogens is 1. The van der Waals surface area contributed by atoms with Gasteiger partial charge in [0, 0.05) is 16.2 Å². The molecule has 132 valence electrons. The summed E-state index contributed by atoms with van der Waals surface area (Å²) in [6.45, 7) is 1.99. The molecule has 0 spiro atoms. The number of hydrogen-bond acceptors (Lipinski definition) is 4. The molecule has 2 rings (SSSR count).